The molecule has 0 saturated heterocycles. The molecule has 72 valence electrons. The minimum Gasteiger partial charge on any atom is -0.396 e. The van der Waals surface area contributed by atoms with Crippen molar-refractivity contribution in [2.45, 2.75) is 37.8 Å². The zero-order valence-corrected chi connectivity index (χ0v) is 7.61. The summed E-state index contributed by atoms with van der Waals surface area (Å²) < 4.78 is 1.60. The number of hydrogen-bond donors (Lipinski definition) is 2. The lowest BCUT2D eigenvalue weighted by atomic mass is 9.92. The van der Waals surface area contributed by atoms with Crippen molar-refractivity contribution in [2.75, 3.05) is 5.73 Å². The number of anilines is 1. The van der Waals surface area contributed by atoms with Gasteiger partial charge in [0.2, 0.25) is 0 Å². The number of hydrogen-bond acceptors (Lipinski definition) is 3. The Labute approximate surface area is 77.4 Å². The van der Waals surface area contributed by atoms with Crippen LogP contribution >= 0.6 is 0 Å². The molecule has 1 aliphatic rings. The van der Waals surface area contributed by atoms with Gasteiger partial charge in [-0.2, -0.15) is 5.10 Å². The zero-order chi connectivity index (χ0) is 9.31. The third-order valence-corrected chi connectivity index (χ3v) is 2.68. The summed E-state index contributed by atoms with van der Waals surface area (Å²) in [6, 6.07) is 0. The van der Waals surface area contributed by atoms with Gasteiger partial charge in [-0.15, -0.1) is 0 Å². The van der Waals surface area contributed by atoms with Crippen LogP contribution in [0.25, 0.3) is 0 Å². The predicted molar refractivity (Wildman–Crippen MR) is 49.9 cm³/mol. The van der Waals surface area contributed by atoms with E-state index < -0.39 is 5.72 Å². The average Bonchev–Trinajstić information content (AvgIpc) is 2.54. The molecule has 1 aromatic rings. The van der Waals surface area contributed by atoms with E-state index in [9.17, 15) is 5.11 Å². The topological polar surface area (TPSA) is 64.1 Å². The van der Waals surface area contributed by atoms with E-state index in [2.05, 4.69) is 5.10 Å². The molecule has 0 unspecified atom stereocenters. The maximum Gasteiger partial charge on any atom is 0.157 e. The van der Waals surface area contributed by atoms with Gasteiger partial charge in [0.15, 0.2) is 5.72 Å². The van der Waals surface area contributed by atoms with Gasteiger partial charge >= 0.3 is 0 Å². The molecular formula is C9H15N3O. The van der Waals surface area contributed by atoms with Gasteiger partial charge in [0.1, 0.15) is 0 Å². The van der Waals surface area contributed by atoms with Crippen LogP contribution in [-0.2, 0) is 5.72 Å². The van der Waals surface area contributed by atoms with Crippen LogP contribution in [-0.4, -0.2) is 14.9 Å². The van der Waals surface area contributed by atoms with Gasteiger partial charge in [-0.1, -0.05) is 6.42 Å². The Balaban J connectivity index is 2.22. The maximum absolute atomic E-state index is 10.2. The highest BCUT2D eigenvalue weighted by atomic mass is 16.3. The molecule has 1 fully saturated rings. The quantitative estimate of drug-likeness (QED) is 0.681. The van der Waals surface area contributed by atoms with Crippen LogP contribution in [0.3, 0.4) is 0 Å². The fourth-order valence-corrected chi connectivity index (χ4v) is 1.91. The number of nitrogens with two attached hydrogens (primary N) is 1. The van der Waals surface area contributed by atoms with E-state index in [1.54, 1.807) is 17.1 Å². The van der Waals surface area contributed by atoms with E-state index in [1.807, 2.05) is 0 Å². The van der Waals surface area contributed by atoms with Gasteiger partial charge in [-0.3, -0.25) is 0 Å². The normalized spacial score (nSPS) is 21.6. The maximum atomic E-state index is 10.2. The van der Waals surface area contributed by atoms with Crippen LogP contribution in [0.5, 0.6) is 0 Å². The highest BCUT2D eigenvalue weighted by Crippen LogP contribution is 2.31. The molecule has 1 aromatic heterocycles. The first-order chi connectivity index (χ1) is 6.21. The Morgan fingerprint density at radius 3 is 2.62 bits per heavy atom. The summed E-state index contributed by atoms with van der Waals surface area (Å²) in [5.74, 6) is 0. The Hall–Kier alpha value is -1.03. The first-order valence-corrected chi connectivity index (χ1v) is 4.74. The summed E-state index contributed by atoms with van der Waals surface area (Å²) in [4.78, 5) is 0. The van der Waals surface area contributed by atoms with Crippen LogP contribution in [0, 0.1) is 0 Å². The molecule has 0 bridgehead atoms. The Kier molecular flexibility index (Phi) is 2.00. The van der Waals surface area contributed by atoms with Crippen molar-refractivity contribution < 1.29 is 5.11 Å². The second-order valence-corrected chi connectivity index (χ2v) is 3.76. The molecule has 0 atom stereocenters. The van der Waals surface area contributed by atoms with E-state index >= 15 is 0 Å². The molecular weight excluding hydrogens is 166 g/mol. The van der Waals surface area contributed by atoms with Crippen molar-refractivity contribution in [3.8, 4) is 0 Å². The lowest BCUT2D eigenvalue weighted by Gasteiger charge is -2.32. The number of nitrogen functional groups attached to an aromatic ring is 1. The summed E-state index contributed by atoms with van der Waals surface area (Å²) in [5.41, 5.74) is 5.38. The summed E-state index contributed by atoms with van der Waals surface area (Å²) in [5, 5.41) is 14.3. The van der Waals surface area contributed by atoms with E-state index in [1.165, 1.54) is 6.42 Å². The Bertz CT molecular complexity index is 289. The lowest BCUT2D eigenvalue weighted by Crippen LogP contribution is -2.35. The molecule has 4 nitrogen and oxygen atoms in total. The number of aliphatic hydroxyl groups is 1. The summed E-state index contributed by atoms with van der Waals surface area (Å²) in [7, 11) is 0. The first-order valence-electron chi connectivity index (χ1n) is 4.74. The summed E-state index contributed by atoms with van der Waals surface area (Å²) in [6.07, 6.45) is 8.19. The number of rotatable bonds is 1. The lowest BCUT2D eigenvalue weighted by molar-refractivity contribution is -0.0794. The first kappa shape index (κ1) is 8.56. The highest BCUT2D eigenvalue weighted by molar-refractivity contribution is 5.30. The zero-order valence-electron chi connectivity index (χ0n) is 7.61. The minimum atomic E-state index is -0.782. The van der Waals surface area contributed by atoms with Gasteiger partial charge in [0.25, 0.3) is 0 Å². The second kappa shape index (κ2) is 3.03. The van der Waals surface area contributed by atoms with Gasteiger partial charge in [0.05, 0.1) is 18.1 Å². The number of nitrogens with zero attached hydrogens (tertiary/aromatic N) is 2. The molecule has 1 heterocycles. The van der Waals surface area contributed by atoms with E-state index in [0.29, 0.717) is 5.69 Å². The minimum absolute atomic E-state index is 0.610. The largest absolute Gasteiger partial charge is 0.396 e. The monoisotopic (exact) mass is 181 g/mol. The molecule has 1 aliphatic carbocycles. The van der Waals surface area contributed by atoms with Crippen LogP contribution in [0.2, 0.25) is 0 Å². The molecule has 2 rings (SSSR count). The third-order valence-electron chi connectivity index (χ3n) is 2.68. The third kappa shape index (κ3) is 1.54. The van der Waals surface area contributed by atoms with E-state index in [0.717, 1.165) is 25.7 Å². The molecule has 0 spiro atoms. The molecule has 1 saturated carbocycles. The molecule has 0 aliphatic heterocycles. The van der Waals surface area contributed by atoms with Crippen LogP contribution in [0.15, 0.2) is 12.4 Å². The van der Waals surface area contributed by atoms with Gasteiger partial charge < -0.3 is 10.8 Å². The van der Waals surface area contributed by atoms with E-state index in [4.69, 9.17) is 5.73 Å². The standard InChI is InChI=1S/C9H15N3O/c10-8-6-11-12(7-8)9(13)4-2-1-3-5-9/h6-7,13H,1-5,10H2. The van der Waals surface area contributed by atoms with Crippen molar-refractivity contribution in [3.05, 3.63) is 12.4 Å². The fourth-order valence-electron chi connectivity index (χ4n) is 1.91. The van der Waals surface area contributed by atoms with Crippen molar-refractivity contribution in [3.63, 3.8) is 0 Å². The van der Waals surface area contributed by atoms with Crippen LogP contribution < -0.4 is 5.73 Å². The Morgan fingerprint density at radius 2 is 2.08 bits per heavy atom. The summed E-state index contributed by atoms with van der Waals surface area (Å²) in [6.45, 7) is 0. The van der Waals surface area contributed by atoms with Gasteiger partial charge in [-0.05, 0) is 25.7 Å². The van der Waals surface area contributed by atoms with Crippen molar-refractivity contribution in [2.24, 2.45) is 0 Å². The van der Waals surface area contributed by atoms with Gasteiger partial charge in [0, 0.05) is 0 Å². The number of aromatic nitrogens is 2. The van der Waals surface area contributed by atoms with E-state index in [-0.39, 0.29) is 0 Å². The molecule has 0 amide bonds. The predicted octanol–water partition coefficient (Wildman–Crippen LogP) is 1.07. The molecule has 0 radical (unpaired) electrons. The molecule has 3 N–H and O–H groups in total. The molecule has 13 heavy (non-hydrogen) atoms. The SMILES string of the molecule is Nc1cnn(C2(O)CCCCC2)c1. The van der Waals surface area contributed by atoms with Crippen LogP contribution in [0.1, 0.15) is 32.1 Å². The smallest absolute Gasteiger partial charge is 0.157 e. The van der Waals surface area contributed by atoms with Crippen molar-refractivity contribution in [1.29, 1.82) is 0 Å². The van der Waals surface area contributed by atoms with Gasteiger partial charge in [-0.25, -0.2) is 4.68 Å². The second-order valence-electron chi connectivity index (χ2n) is 3.76. The van der Waals surface area contributed by atoms with Crippen molar-refractivity contribution in [1.82, 2.24) is 9.78 Å². The molecule has 0 aromatic carbocycles. The van der Waals surface area contributed by atoms with Crippen molar-refractivity contribution >= 4 is 5.69 Å². The summed E-state index contributed by atoms with van der Waals surface area (Å²) >= 11 is 0. The average molecular weight is 181 g/mol. The highest BCUT2D eigenvalue weighted by Gasteiger charge is 2.31. The molecule has 4 heteroatoms. The fraction of sp³-hybridized carbons (Fsp3) is 0.667. The van der Waals surface area contributed by atoms with Crippen LogP contribution in [0.4, 0.5) is 5.69 Å². The Morgan fingerprint density at radius 1 is 1.38 bits per heavy atom.